The quantitative estimate of drug-likeness (QED) is 0.160. The van der Waals surface area contributed by atoms with Gasteiger partial charge in [0.05, 0.1) is 52.4 Å². The van der Waals surface area contributed by atoms with E-state index in [4.69, 9.17) is 34.2 Å². The average Bonchev–Trinajstić information content (AvgIpc) is 3.14. The Labute approximate surface area is 328 Å². The van der Waals surface area contributed by atoms with Crippen molar-refractivity contribution in [1.29, 1.82) is 0 Å². The van der Waals surface area contributed by atoms with E-state index in [9.17, 15) is 45.0 Å². The van der Waals surface area contributed by atoms with Gasteiger partial charge in [0.1, 0.15) is 41.7 Å². The molecule has 3 heterocycles. The molecule has 0 amide bonds. The second kappa shape index (κ2) is 15.3. The second-order valence-corrected chi connectivity index (χ2v) is 15.8. The van der Waals surface area contributed by atoms with E-state index < -0.39 is 113 Å². The number of phenols is 3. The largest absolute Gasteiger partial charge is 0.507 e. The van der Waals surface area contributed by atoms with Gasteiger partial charge in [-0.1, -0.05) is 19.1 Å². The monoisotopic (exact) mass is 798 g/mol. The van der Waals surface area contributed by atoms with Gasteiger partial charge in [-0.05, 0) is 47.4 Å². The molecule has 2 saturated heterocycles. The molecule has 0 aromatic heterocycles. The lowest BCUT2D eigenvalue weighted by Gasteiger charge is -2.48. The van der Waals surface area contributed by atoms with Gasteiger partial charge in [0, 0.05) is 48.1 Å². The highest BCUT2D eigenvalue weighted by atomic mass is 16.7. The summed E-state index contributed by atoms with van der Waals surface area (Å²) in [6.45, 7) is 6.67. The van der Waals surface area contributed by atoms with Crippen LogP contribution in [0.3, 0.4) is 0 Å². The summed E-state index contributed by atoms with van der Waals surface area (Å²) in [7, 11) is 3.67. The van der Waals surface area contributed by atoms with Gasteiger partial charge >= 0.3 is 0 Å². The van der Waals surface area contributed by atoms with Crippen LogP contribution < -0.4 is 5.73 Å². The number of nitrogens with zero attached hydrogens (tertiary/aromatic N) is 1. The number of hydrogen-bond acceptors (Lipinski definition) is 17. The minimum absolute atomic E-state index is 0.0133. The van der Waals surface area contributed by atoms with Crippen molar-refractivity contribution in [3.63, 3.8) is 0 Å². The van der Waals surface area contributed by atoms with Gasteiger partial charge in [0.15, 0.2) is 30.4 Å². The van der Waals surface area contributed by atoms with E-state index in [1.807, 2.05) is 19.0 Å². The number of ketones is 3. The van der Waals surface area contributed by atoms with Crippen molar-refractivity contribution in [2.24, 2.45) is 5.73 Å². The number of aliphatic hydroxyl groups excluding tert-OH is 2. The van der Waals surface area contributed by atoms with Crippen LogP contribution in [0.2, 0.25) is 0 Å². The molecular weight excluding hydrogens is 748 g/mol. The average molecular weight is 799 g/mol. The predicted octanol–water partition coefficient (Wildman–Crippen LogP) is 1.70. The first kappa shape index (κ1) is 41.2. The number of rotatable bonds is 8. The fraction of sp³-hybridized carbons (Fsp3) is 0.575. The van der Waals surface area contributed by atoms with Crippen molar-refractivity contribution >= 4 is 17.3 Å². The molecule has 3 aliphatic heterocycles. The Morgan fingerprint density at radius 3 is 2.12 bits per heavy atom. The fourth-order valence-electron chi connectivity index (χ4n) is 8.70. The van der Waals surface area contributed by atoms with Crippen molar-refractivity contribution in [3.05, 3.63) is 63.4 Å². The van der Waals surface area contributed by atoms with E-state index in [0.29, 0.717) is 0 Å². The molecule has 17 nitrogen and oxygen atoms in total. The minimum Gasteiger partial charge on any atom is -0.507 e. The van der Waals surface area contributed by atoms with Gasteiger partial charge in [-0.3, -0.25) is 14.4 Å². The zero-order valence-electron chi connectivity index (χ0n) is 32.4. The molecule has 2 fully saturated rings. The zero-order chi connectivity index (χ0) is 41.4. The van der Waals surface area contributed by atoms with Crippen LogP contribution in [0.4, 0.5) is 0 Å². The van der Waals surface area contributed by atoms with Crippen LogP contribution in [-0.2, 0) is 33.2 Å². The zero-order valence-corrected chi connectivity index (χ0v) is 32.4. The molecule has 2 aromatic carbocycles. The number of phenolic OH excluding ortho intramolecular Hbond substituents is 3. The first-order valence-corrected chi connectivity index (χ1v) is 19.1. The van der Waals surface area contributed by atoms with Gasteiger partial charge in [-0.25, -0.2) is 0 Å². The molecule has 2 aliphatic carbocycles. The van der Waals surface area contributed by atoms with Crippen molar-refractivity contribution in [2.75, 3.05) is 14.1 Å². The first-order valence-electron chi connectivity index (χ1n) is 19.1. The van der Waals surface area contributed by atoms with Gasteiger partial charge < -0.3 is 69.7 Å². The first-order chi connectivity index (χ1) is 26.9. The molecule has 13 atom stereocenters. The lowest BCUT2D eigenvalue weighted by molar-refractivity contribution is -0.321. The lowest BCUT2D eigenvalue weighted by Crippen LogP contribution is -2.58. The number of carbonyl (C=O) groups excluding carboxylic acids is 3. The highest BCUT2D eigenvalue weighted by Gasteiger charge is 2.52. The summed E-state index contributed by atoms with van der Waals surface area (Å²) >= 11 is 0. The number of aromatic hydroxyl groups is 3. The SMILES string of the molecule is CC[C@@]1(O)C[C@H](O[C@H]2C[C@H](N(C)C)[C@H](O[C@H]3C[C@H](O)[C@H](O[C@@H]4O[C@@H](C)C(=O)C=C4N)[C@H](C)O3)[C@H](C)O2)c2c(O)c3c(c(O)c2[C@H]1O)C(=O)c1cccc(O)c1C3=O. The Morgan fingerprint density at radius 2 is 1.47 bits per heavy atom. The molecular formula is C40H50N2O15. The Morgan fingerprint density at radius 1 is 0.842 bits per heavy atom. The van der Waals surface area contributed by atoms with Gasteiger partial charge in [-0.15, -0.1) is 0 Å². The smallest absolute Gasteiger partial charge is 0.202 e. The maximum absolute atomic E-state index is 13.8. The third-order valence-corrected chi connectivity index (χ3v) is 11.9. The van der Waals surface area contributed by atoms with Crippen molar-refractivity contribution in [1.82, 2.24) is 4.90 Å². The Balaban J connectivity index is 1.12. The fourth-order valence-corrected chi connectivity index (χ4v) is 8.70. The molecule has 2 aromatic rings. The normalized spacial score (nSPS) is 36.7. The van der Waals surface area contributed by atoms with Crippen molar-refractivity contribution < 1.29 is 73.4 Å². The summed E-state index contributed by atoms with van der Waals surface area (Å²) in [4.78, 5) is 41.3. The van der Waals surface area contributed by atoms with Crippen LogP contribution in [0.5, 0.6) is 17.2 Å². The van der Waals surface area contributed by atoms with E-state index in [1.165, 1.54) is 24.3 Å². The summed E-state index contributed by atoms with van der Waals surface area (Å²) < 4.78 is 37.0. The molecule has 7 rings (SSSR count). The number of nitrogens with two attached hydrogens (primary N) is 1. The number of hydrogen-bond donors (Lipinski definition) is 7. The molecule has 8 N–H and O–H groups in total. The molecule has 0 saturated carbocycles. The van der Waals surface area contributed by atoms with Crippen LogP contribution in [0, 0.1) is 0 Å². The van der Waals surface area contributed by atoms with E-state index in [-0.39, 0.29) is 65.5 Å². The summed E-state index contributed by atoms with van der Waals surface area (Å²) in [5.74, 6) is -4.07. The molecule has 57 heavy (non-hydrogen) atoms. The lowest BCUT2D eigenvalue weighted by atomic mass is 9.70. The summed E-state index contributed by atoms with van der Waals surface area (Å²) in [5.41, 5.74) is 1.98. The Hall–Kier alpha value is -4.01. The van der Waals surface area contributed by atoms with Crippen molar-refractivity contribution in [2.45, 2.75) is 133 Å². The maximum atomic E-state index is 13.8. The number of fused-ring (bicyclic) bond motifs is 3. The Kier molecular flexibility index (Phi) is 11.0. The van der Waals surface area contributed by atoms with Crippen molar-refractivity contribution in [3.8, 4) is 17.2 Å². The summed E-state index contributed by atoms with van der Waals surface area (Å²) in [6.07, 6.45) is -9.45. The van der Waals surface area contributed by atoms with Crippen LogP contribution in [0.1, 0.15) is 109 Å². The number of aliphatic hydroxyl groups is 3. The summed E-state index contributed by atoms with van der Waals surface area (Å²) in [5, 5.41) is 68.3. The van der Waals surface area contributed by atoms with E-state index >= 15 is 0 Å². The molecule has 310 valence electrons. The highest BCUT2D eigenvalue weighted by Crippen LogP contribution is 2.56. The van der Waals surface area contributed by atoms with Gasteiger partial charge in [0.25, 0.3) is 0 Å². The number of benzene rings is 2. The summed E-state index contributed by atoms with van der Waals surface area (Å²) in [6, 6.07) is 3.51. The standard InChI is InChI=1S/C40H50N2O15/c1-7-40(51)14-24(28-31(38(40)50)35(49)29-30(34(28)48)33(47)27-18(32(29)46)9-8-10-21(27)43)55-25-12-20(42(5)6)36(16(3)52-25)56-26-13-23(45)37(17(4)53-26)57-39-19(41)11-22(44)15(2)54-39/h8-11,15-17,20,23-26,36-39,43,45,48-51H,7,12-14,41H2,1-6H3/t15-,16-,17-,20-,23-,24-,25-,26-,36+,37+,38+,39-,40+/m0/s1. The van der Waals surface area contributed by atoms with Gasteiger partial charge in [0.2, 0.25) is 5.78 Å². The van der Waals surface area contributed by atoms with E-state index in [2.05, 4.69) is 0 Å². The molecule has 17 heteroatoms. The minimum atomic E-state index is -1.89. The predicted molar refractivity (Wildman–Crippen MR) is 196 cm³/mol. The van der Waals surface area contributed by atoms with Crippen LogP contribution in [0.25, 0.3) is 0 Å². The molecule has 5 aliphatic rings. The second-order valence-electron chi connectivity index (χ2n) is 15.8. The van der Waals surface area contributed by atoms with E-state index in [1.54, 1.807) is 27.7 Å². The number of carbonyl (C=O) groups is 3. The third kappa shape index (κ3) is 7.03. The van der Waals surface area contributed by atoms with Crippen LogP contribution in [0.15, 0.2) is 30.0 Å². The third-order valence-electron chi connectivity index (χ3n) is 11.9. The topological polar surface area (TPSA) is 257 Å². The number of ether oxygens (including phenoxy) is 6. The molecule has 0 spiro atoms. The molecule has 0 bridgehead atoms. The highest BCUT2D eigenvalue weighted by molar-refractivity contribution is 6.31. The van der Waals surface area contributed by atoms with Crippen LogP contribution >= 0.6 is 0 Å². The molecule has 0 unspecified atom stereocenters. The maximum Gasteiger partial charge on any atom is 0.202 e. The van der Waals surface area contributed by atoms with Gasteiger partial charge in [-0.2, -0.15) is 0 Å². The van der Waals surface area contributed by atoms with E-state index in [0.717, 1.165) is 0 Å². The van der Waals surface area contributed by atoms with Crippen LogP contribution in [-0.4, -0.2) is 134 Å². The molecule has 0 radical (unpaired) electrons. The Bertz CT molecular complexity index is 1970. The number of likely N-dealkylation sites (N-methyl/N-ethyl adjacent to an activating group) is 1.